The second kappa shape index (κ2) is 15.8. The number of halogens is 1. The summed E-state index contributed by atoms with van der Waals surface area (Å²) in [7, 11) is 3.63. The second-order valence-electron chi connectivity index (χ2n) is 5.86. The van der Waals surface area contributed by atoms with E-state index in [0.29, 0.717) is 0 Å². The van der Waals surface area contributed by atoms with Crippen LogP contribution < -0.4 is 10.6 Å². The summed E-state index contributed by atoms with van der Waals surface area (Å²) >= 11 is 1.91. The normalized spacial score (nSPS) is 16.9. The Bertz CT molecular complexity index is 300. The molecule has 0 aromatic carbocycles. The van der Waals surface area contributed by atoms with Crippen molar-refractivity contribution in [3.63, 3.8) is 0 Å². The van der Waals surface area contributed by atoms with Crippen molar-refractivity contribution < 1.29 is 4.74 Å². The van der Waals surface area contributed by atoms with Crippen LogP contribution in [0.1, 0.15) is 25.7 Å². The molecule has 0 spiro atoms. The number of aliphatic imine (C=N–C) groups is 1. The minimum Gasteiger partial charge on any atom is -0.383 e. The Morgan fingerprint density at radius 2 is 2.00 bits per heavy atom. The smallest absolute Gasteiger partial charge is 0.190 e. The predicted octanol–water partition coefficient (Wildman–Crippen LogP) is 2.27. The number of ether oxygens (including phenoxy) is 1. The molecule has 5 nitrogen and oxygen atoms in total. The minimum absolute atomic E-state index is 0. The molecule has 1 saturated heterocycles. The summed E-state index contributed by atoms with van der Waals surface area (Å²) in [6.45, 7) is 6.33. The molecule has 0 unspecified atom stereocenters. The fraction of sp³-hybridized carbons (Fsp3) is 0.938. The third-order valence-electron chi connectivity index (χ3n) is 4.17. The van der Waals surface area contributed by atoms with Gasteiger partial charge in [0.05, 0.1) is 6.61 Å². The molecule has 1 rings (SSSR count). The van der Waals surface area contributed by atoms with Gasteiger partial charge in [0.25, 0.3) is 0 Å². The van der Waals surface area contributed by atoms with E-state index in [1.54, 1.807) is 7.11 Å². The molecule has 0 amide bonds. The summed E-state index contributed by atoms with van der Waals surface area (Å²) in [6, 6.07) is 0. The lowest BCUT2D eigenvalue weighted by Gasteiger charge is -2.32. The number of nitrogens with zero attached hydrogens (tertiary/aromatic N) is 2. The van der Waals surface area contributed by atoms with E-state index >= 15 is 0 Å². The Labute approximate surface area is 163 Å². The number of thioether (sulfide) groups is 1. The number of methoxy groups -OCH3 is 1. The molecule has 0 aromatic heterocycles. The minimum atomic E-state index is 0. The van der Waals surface area contributed by atoms with Gasteiger partial charge in [0.1, 0.15) is 0 Å². The van der Waals surface area contributed by atoms with Crippen LogP contribution in [0.5, 0.6) is 0 Å². The van der Waals surface area contributed by atoms with Gasteiger partial charge in [-0.3, -0.25) is 4.99 Å². The van der Waals surface area contributed by atoms with Crippen LogP contribution in [0, 0.1) is 5.92 Å². The second-order valence-corrected chi connectivity index (χ2v) is 6.84. The van der Waals surface area contributed by atoms with Crippen LogP contribution in [0.3, 0.4) is 0 Å². The molecule has 0 atom stereocenters. The average molecular weight is 458 g/mol. The largest absolute Gasteiger partial charge is 0.383 e. The summed E-state index contributed by atoms with van der Waals surface area (Å²) in [5.41, 5.74) is 0. The summed E-state index contributed by atoms with van der Waals surface area (Å²) in [5.74, 6) is 2.95. The quantitative estimate of drug-likeness (QED) is 0.228. The van der Waals surface area contributed by atoms with Crippen LogP contribution in [0.15, 0.2) is 4.99 Å². The van der Waals surface area contributed by atoms with Crippen LogP contribution in [0.25, 0.3) is 0 Å². The van der Waals surface area contributed by atoms with E-state index in [-0.39, 0.29) is 24.0 Å². The topological polar surface area (TPSA) is 48.9 Å². The Morgan fingerprint density at radius 1 is 1.26 bits per heavy atom. The third-order valence-corrected chi connectivity index (χ3v) is 4.87. The highest BCUT2D eigenvalue weighted by atomic mass is 127. The van der Waals surface area contributed by atoms with Crippen molar-refractivity contribution in [2.45, 2.75) is 25.7 Å². The van der Waals surface area contributed by atoms with E-state index in [0.717, 1.165) is 38.1 Å². The van der Waals surface area contributed by atoms with Gasteiger partial charge in [0.15, 0.2) is 5.96 Å². The maximum atomic E-state index is 5.15. The van der Waals surface area contributed by atoms with Gasteiger partial charge in [-0.15, -0.1) is 24.0 Å². The highest BCUT2D eigenvalue weighted by Crippen LogP contribution is 2.15. The van der Waals surface area contributed by atoms with Gasteiger partial charge in [0, 0.05) is 33.8 Å². The molecule has 138 valence electrons. The van der Waals surface area contributed by atoms with Gasteiger partial charge in [0.2, 0.25) is 0 Å². The number of rotatable bonds is 10. The Morgan fingerprint density at radius 3 is 2.61 bits per heavy atom. The summed E-state index contributed by atoms with van der Waals surface area (Å²) < 4.78 is 5.15. The standard InChI is InChI=1S/C16H34N4OS.HI/c1-17-16(18-8-4-5-13-22-3)19-14-15-6-9-20(10-7-15)11-12-21-2;/h15H,4-14H2,1-3H3,(H2,17,18,19);1H. The molecule has 1 heterocycles. The third kappa shape index (κ3) is 11.4. The van der Waals surface area contributed by atoms with Gasteiger partial charge in [-0.05, 0) is 56.7 Å². The lowest BCUT2D eigenvalue weighted by Crippen LogP contribution is -2.43. The van der Waals surface area contributed by atoms with Crippen molar-refractivity contribution in [1.82, 2.24) is 15.5 Å². The molecule has 2 N–H and O–H groups in total. The summed E-state index contributed by atoms with van der Waals surface area (Å²) in [6.07, 6.45) is 7.17. The van der Waals surface area contributed by atoms with Crippen molar-refractivity contribution >= 4 is 41.7 Å². The van der Waals surface area contributed by atoms with Crippen LogP contribution in [0.2, 0.25) is 0 Å². The van der Waals surface area contributed by atoms with E-state index in [4.69, 9.17) is 4.74 Å². The zero-order chi connectivity index (χ0) is 16.0. The summed E-state index contributed by atoms with van der Waals surface area (Å²) in [5, 5.41) is 6.89. The fourth-order valence-electron chi connectivity index (χ4n) is 2.67. The van der Waals surface area contributed by atoms with E-state index in [2.05, 4.69) is 26.8 Å². The number of unbranched alkanes of at least 4 members (excludes halogenated alkanes) is 1. The maximum Gasteiger partial charge on any atom is 0.190 e. The lowest BCUT2D eigenvalue weighted by atomic mass is 9.97. The molecular formula is C16H35IN4OS. The van der Waals surface area contributed by atoms with Gasteiger partial charge in [-0.2, -0.15) is 11.8 Å². The van der Waals surface area contributed by atoms with Crippen LogP contribution >= 0.6 is 35.7 Å². The van der Waals surface area contributed by atoms with Crippen molar-refractivity contribution in [3.05, 3.63) is 0 Å². The van der Waals surface area contributed by atoms with E-state index < -0.39 is 0 Å². The number of guanidine groups is 1. The van der Waals surface area contributed by atoms with Crippen molar-refractivity contribution in [1.29, 1.82) is 0 Å². The van der Waals surface area contributed by atoms with Gasteiger partial charge in [-0.1, -0.05) is 0 Å². The SMILES string of the molecule is CN=C(NCCCCSC)NCC1CCN(CCOC)CC1.I. The number of nitrogens with one attached hydrogen (secondary N) is 2. The number of hydrogen-bond donors (Lipinski definition) is 2. The molecule has 0 radical (unpaired) electrons. The lowest BCUT2D eigenvalue weighted by molar-refractivity contribution is 0.121. The van der Waals surface area contributed by atoms with E-state index in [1.165, 1.54) is 44.5 Å². The van der Waals surface area contributed by atoms with Crippen molar-refractivity contribution in [3.8, 4) is 0 Å². The molecule has 7 heteroatoms. The monoisotopic (exact) mass is 458 g/mol. The molecule has 0 bridgehead atoms. The van der Waals surface area contributed by atoms with E-state index in [9.17, 15) is 0 Å². The Balaban J connectivity index is 0.00000484. The fourth-order valence-corrected chi connectivity index (χ4v) is 3.17. The molecule has 1 aliphatic rings. The molecule has 0 saturated carbocycles. The zero-order valence-electron chi connectivity index (χ0n) is 15.0. The molecule has 1 fully saturated rings. The highest BCUT2D eigenvalue weighted by molar-refractivity contribution is 14.0. The van der Waals surface area contributed by atoms with Crippen LogP contribution in [-0.2, 0) is 4.74 Å². The highest BCUT2D eigenvalue weighted by Gasteiger charge is 2.18. The van der Waals surface area contributed by atoms with Gasteiger partial charge < -0.3 is 20.3 Å². The Kier molecular flexibility index (Phi) is 16.0. The van der Waals surface area contributed by atoms with E-state index in [1.807, 2.05) is 18.8 Å². The molecule has 0 aromatic rings. The average Bonchev–Trinajstić information content (AvgIpc) is 2.56. The van der Waals surface area contributed by atoms with Crippen LogP contribution in [0.4, 0.5) is 0 Å². The van der Waals surface area contributed by atoms with Crippen LogP contribution in [-0.4, -0.2) is 76.4 Å². The summed E-state index contributed by atoms with van der Waals surface area (Å²) in [4.78, 5) is 6.81. The first-order valence-electron chi connectivity index (χ1n) is 8.45. The first kappa shape index (κ1) is 23.3. The Hall–Kier alpha value is 0.270. The molecule has 23 heavy (non-hydrogen) atoms. The van der Waals surface area contributed by atoms with Gasteiger partial charge in [-0.25, -0.2) is 0 Å². The molecule has 0 aliphatic carbocycles. The maximum absolute atomic E-state index is 5.15. The first-order valence-corrected chi connectivity index (χ1v) is 9.84. The van der Waals surface area contributed by atoms with Gasteiger partial charge >= 0.3 is 0 Å². The predicted molar refractivity (Wildman–Crippen MR) is 113 cm³/mol. The van der Waals surface area contributed by atoms with Crippen molar-refractivity contribution in [2.24, 2.45) is 10.9 Å². The number of likely N-dealkylation sites (tertiary alicyclic amines) is 1. The number of piperidine rings is 1. The molecule has 1 aliphatic heterocycles. The zero-order valence-corrected chi connectivity index (χ0v) is 18.1. The molecular weight excluding hydrogens is 423 g/mol. The van der Waals surface area contributed by atoms with Crippen molar-refractivity contribution in [2.75, 3.05) is 65.5 Å². The number of hydrogen-bond acceptors (Lipinski definition) is 4. The first-order chi connectivity index (χ1) is 10.8.